The fourth-order valence-electron chi connectivity index (χ4n) is 3.70. The molecule has 0 bridgehead atoms. The molecule has 0 amide bonds. The second-order valence-corrected chi connectivity index (χ2v) is 9.24. The van der Waals surface area contributed by atoms with E-state index in [9.17, 15) is 13.2 Å². The first-order valence-corrected chi connectivity index (χ1v) is 10.7. The van der Waals surface area contributed by atoms with Crippen LogP contribution in [0.2, 0.25) is 5.02 Å². The summed E-state index contributed by atoms with van der Waals surface area (Å²) in [5, 5.41) is 9.40. The second kappa shape index (κ2) is 8.00. The fourth-order valence-corrected chi connectivity index (χ4v) is 4.95. The van der Waals surface area contributed by atoms with Crippen LogP contribution in [-0.4, -0.2) is 26.0 Å². The Hall–Kier alpha value is -1.89. The summed E-state index contributed by atoms with van der Waals surface area (Å²) in [5.41, 5.74) is 1.52. The summed E-state index contributed by atoms with van der Waals surface area (Å²) in [5.74, 6) is -0.867. The van der Waals surface area contributed by atoms with E-state index in [1.54, 1.807) is 12.1 Å². The average Bonchev–Trinajstić information content (AvgIpc) is 3.11. The Labute approximate surface area is 164 Å². The van der Waals surface area contributed by atoms with Gasteiger partial charge in [0.1, 0.15) is 0 Å². The topological polar surface area (TPSA) is 83.5 Å². The van der Waals surface area contributed by atoms with E-state index in [2.05, 4.69) is 4.72 Å². The zero-order chi connectivity index (χ0) is 19.5. The molecule has 5 nitrogen and oxygen atoms in total. The van der Waals surface area contributed by atoms with Gasteiger partial charge in [-0.2, -0.15) is 0 Å². The van der Waals surface area contributed by atoms with Crippen LogP contribution in [0.25, 0.3) is 0 Å². The fraction of sp³-hybridized carbons (Fsp3) is 0.350. The van der Waals surface area contributed by atoms with Gasteiger partial charge < -0.3 is 5.11 Å². The second-order valence-electron chi connectivity index (χ2n) is 7.03. The maximum Gasteiger partial charge on any atom is 0.307 e. The lowest BCUT2D eigenvalue weighted by atomic mass is 9.79. The Kier molecular flexibility index (Phi) is 5.89. The lowest BCUT2D eigenvalue weighted by Gasteiger charge is -2.30. The molecule has 0 heterocycles. The van der Waals surface area contributed by atoms with Gasteiger partial charge >= 0.3 is 5.97 Å². The van der Waals surface area contributed by atoms with Gasteiger partial charge in [0.2, 0.25) is 10.0 Å². The molecular formula is C20H22ClNO4S. The highest BCUT2D eigenvalue weighted by atomic mass is 35.5. The van der Waals surface area contributed by atoms with E-state index >= 15 is 0 Å². The minimum atomic E-state index is -3.62. The Morgan fingerprint density at radius 2 is 1.63 bits per heavy atom. The van der Waals surface area contributed by atoms with Gasteiger partial charge in [0.15, 0.2) is 0 Å². The van der Waals surface area contributed by atoms with Crippen LogP contribution >= 0.6 is 11.6 Å². The van der Waals surface area contributed by atoms with Crippen LogP contribution in [0.5, 0.6) is 0 Å². The highest BCUT2D eigenvalue weighted by Gasteiger charge is 2.36. The van der Waals surface area contributed by atoms with Crippen molar-refractivity contribution in [3.8, 4) is 0 Å². The standard InChI is InChI=1S/C20H22ClNO4S/c21-17-7-9-18(10-8-17)27(25,26)22-14-20(11-1-2-12-20)16-5-3-15(4-6-16)13-19(23)24/h3-10,22H,1-2,11-14H2,(H,23,24). The number of carboxylic acids is 1. The van der Waals surface area contributed by atoms with Crippen LogP contribution in [0.1, 0.15) is 36.8 Å². The number of hydrogen-bond donors (Lipinski definition) is 2. The minimum absolute atomic E-state index is 0.0174. The predicted molar refractivity (Wildman–Crippen MR) is 105 cm³/mol. The quantitative estimate of drug-likeness (QED) is 0.732. The summed E-state index contributed by atoms with van der Waals surface area (Å²) >= 11 is 5.84. The maximum absolute atomic E-state index is 12.6. The van der Waals surface area contributed by atoms with E-state index in [0.717, 1.165) is 36.8 Å². The SMILES string of the molecule is O=C(O)Cc1ccc(C2(CNS(=O)(=O)c3ccc(Cl)cc3)CCCC2)cc1. The van der Waals surface area contributed by atoms with E-state index in [1.165, 1.54) is 12.1 Å². The molecule has 1 aliphatic carbocycles. The van der Waals surface area contributed by atoms with Gasteiger partial charge in [-0.05, 0) is 48.2 Å². The van der Waals surface area contributed by atoms with Gasteiger partial charge in [-0.15, -0.1) is 0 Å². The molecule has 2 aromatic rings. The maximum atomic E-state index is 12.6. The summed E-state index contributed by atoms with van der Waals surface area (Å²) in [6.07, 6.45) is 3.86. The number of carboxylic acid groups (broad SMARTS) is 1. The monoisotopic (exact) mass is 407 g/mol. The summed E-state index contributed by atoms with van der Waals surface area (Å²) in [6, 6.07) is 13.6. The number of nitrogens with one attached hydrogen (secondary N) is 1. The molecule has 1 saturated carbocycles. The molecule has 0 spiro atoms. The van der Waals surface area contributed by atoms with Gasteiger partial charge in [-0.3, -0.25) is 4.79 Å². The summed E-state index contributed by atoms with van der Waals surface area (Å²) in [6.45, 7) is 0.316. The van der Waals surface area contributed by atoms with E-state index < -0.39 is 16.0 Å². The van der Waals surface area contributed by atoms with Gasteiger partial charge in [-0.1, -0.05) is 48.7 Å². The van der Waals surface area contributed by atoms with Crippen LogP contribution in [0.4, 0.5) is 0 Å². The van der Waals surface area contributed by atoms with Gasteiger partial charge in [-0.25, -0.2) is 13.1 Å². The number of halogens is 1. The molecule has 1 fully saturated rings. The zero-order valence-electron chi connectivity index (χ0n) is 14.8. The molecule has 0 aromatic heterocycles. The number of benzene rings is 2. The van der Waals surface area contributed by atoms with E-state index in [0.29, 0.717) is 11.6 Å². The first-order valence-electron chi connectivity index (χ1n) is 8.87. The molecule has 2 N–H and O–H groups in total. The molecule has 27 heavy (non-hydrogen) atoms. The van der Waals surface area contributed by atoms with Crippen LogP contribution in [0, 0.1) is 0 Å². The summed E-state index contributed by atoms with van der Waals surface area (Å²) in [7, 11) is -3.62. The minimum Gasteiger partial charge on any atom is -0.481 e. The zero-order valence-corrected chi connectivity index (χ0v) is 16.4. The van der Waals surface area contributed by atoms with Crippen molar-refractivity contribution < 1.29 is 18.3 Å². The highest BCUT2D eigenvalue weighted by molar-refractivity contribution is 7.89. The largest absolute Gasteiger partial charge is 0.481 e. The third kappa shape index (κ3) is 4.69. The molecule has 3 rings (SSSR count). The Balaban J connectivity index is 1.79. The Morgan fingerprint density at radius 3 is 2.19 bits per heavy atom. The molecule has 2 aromatic carbocycles. The highest BCUT2D eigenvalue weighted by Crippen LogP contribution is 2.41. The Bertz CT molecular complexity index is 902. The van der Waals surface area contributed by atoms with E-state index in [1.807, 2.05) is 24.3 Å². The van der Waals surface area contributed by atoms with Gasteiger partial charge in [0.05, 0.1) is 11.3 Å². The lowest BCUT2D eigenvalue weighted by molar-refractivity contribution is -0.136. The normalized spacial score (nSPS) is 16.3. The van der Waals surface area contributed by atoms with Gasteiger partial charge in [0, 0.05) is 17.0 Å². The Morgan fingerprint density at radius 1 is 1.04 bits per heavy atom. The summed E-state index contributed by atoms with van der Waals surface area (Å²) < 4.78 is 28.0. The van der Waals surface area contributed by atoms with Crippen molar-refractivity contribution in [2.24, 2.45) is 0 Å². The molecule has 144 valence electrons. The average molecular weight is 408 g/mol. The number of hydrogen-bond acceptors (Lipinski definition) is 3. The summed E-state index contributed by atoms with van der Waals surface area (Å²) in [4.78, 5) is 11.0. The molecule has 0 radical (unpaired) electrons. The van der Waals surface area contributed by atoms with Crippen molar-refractivity contribution in [2.45, 2.75) is 42.4 Å². The third-order valence-corrected chi connectivity index (χ3v) is 6.88. The van der Waals surface area contributed by atoms with E-state index in [4.69, 9.17) is 16.7 Å². The van der Waals surface area contributed by atoms with Crippen molar-refractivity contribution in [1.29, 1.82) is 0 Å². The van der Waals surface area contributed by atoms with Crippen molar-refractivity contribution in [1.82, 2.24) is 4.72 Å². The third-order valence-electron chi connectivity index (χ3n) is 5.21. The number of aliphatic carboxylic acids is 1. The van der Waals surface area contributed by atoms with Crippen molar-refractivity contribution in [2.75, 3.05) is 6.54 Å². The smallest absolute Gasteiger partial charge is 0.307 e. The molecular weight excluding hydrogens is 386 g/mol. The number of rotatable bonds is 7. The first kappa shape index (κ1) is 19.9. The molecule has 0 aliphatic heterocycles. The predicted octanol–water partition coefficient (Wildman–Crippen LogP) is 3.76. The van der Waals surface area contributed by atoms with Crippen LogP contribution in [0.3, 0.4) is 0 Å². The molecule has 7 heteroatoms. The van der Waals surface area contributed by atoms with Crippen molar-refractivity contribution in [3.05, 3.63) is 64.7 Å². The van der Waals surface area contributed by atoms with Crippen LogP contribution in [0.15, 0.2) is 53.4 Å². The van der Waals surface area contributed by atoms with Gasteiger partial charge in [0.25, 0.3) is 0 Å². The molecule has 0 unspecified atom stereocenters. The first-order chi connectivity index (χ1) is 12.8. The van der Waals surface area contributed by atoms with Crippen LogP contribution in [-0.2, 0) is 26.7 Å². The molecule has 0 atom stereocenters. The molecule has 0 saturated heterocycles. The lowest BCUT2D eigenvalue weighted by Crippen LogP contribution is -2.39. The van der Waals surface area contributed by atoms with E-state index in [-0.39, 0.29) is 16.7 Å². The van der Waals surface area contributed by atoms with Crippen LogP contribution < -0.4 is 4.72 Å². The van der Waals surface area contributed by atoms with Crippen molar-refractivity contribution >= 4 is 27.6 Å². The van der Waals surface area contributed by atoms with Crippen molar-refractivity contribution in [3.63, 3.8) is 0 Å². The molecule has 1 aliphatic rings. The number of carbonyl (C=O) groups is 1. The number of sulfonamides is 1.